The number of fused-ring (bicyclic) bond motifs is 3. The molecule has 0 unspecified atom stereocenters. The maximum Gasteiger partial charge on any atom is 0.192 e. The van der Waals surface area contributed by atoms with Crippen molar-refractivity contribution in [2.24, 2.45) is 5.92 Å². The van der Waals surface area contributed by atoms with Gasteiger partial charge in [-0.15, -0.1) is 0 Å². The van der Waals surface area contributed by atoms with Gasteiger partial charge >= 0.3 is 0 Å². The van der Waals surface area contributed by atoms with Crippen LogP contribution in [0.5, 0.6) is 0 Å². The summed E-state index contributed by atoms with van der Waals surface area (Å²) in [6.07, 6.45) is 7.70. The van der Waals surface area contributed by atoms with Crippen molar-refractivity contribution in [2.75, 3.05) is 25.0 Å². The highest BCUT2D eigenvalue weighted by molar-refractivity contribution is 9.10. The Labute approximate surface area is 146 Å². The van der Waals surface area contributed by atoms with Gasteiger partial charge in [0, 0.05) is 6.54 Å². The second kappa shape index (κ2) is 5.12. The molecule has 2 bridgehead atoms. The van der Waals surface area contributed by atoms with Crippen LogP contribution in [-0.4, -0.2) is 45.0 Å². The van der Waals surface area contributed by atoms with Gasteiger partial charge in [0.1, 0.15) is 10.4 Å². The van der Waals surface area contributed by atoms with Gasteiger partial charge in [-0.05, 0) is 60.3 Å². The molecular weight excluding hydrogens is 376 g/mol. The molecule has 6 nitrogen and oxygen atoms in total. The number of rotatable bonds is 2. The van der Waals surface area contributed by atoms with Crippen molar-refractivity contribution in [3.63, 3.8) is 0 Å². The van der Waals surface area contributed by atoms with E-state index in [1.807, 2.05) is 0 Å². The van der Waals surface area contributed by atoms with E-state index < -0.39 is 0 Å². The van der Waals surface area contributed by atoms with Crippen LogP contribution in [0.1, 0.15) is 19.3 Å². The fourth-order valence-electron chi connectivity index (χ4n) is 4.15. The van der Waals surface area contributed by atoms with Gasteiger partial charge in [0.2, 0.25) is 0 Å². The Balaban J connectivity index is 1.35. The van der Waals surface area contributed by atoms with E-state index in [0.717, 1.165) is 39.3 Å². The summed E-state index contributed by atoms with van der Waals surface area (Å²) in [6, 6.07) is 0. The van der Waals surface area contributed by atoms with Crippen molar-refractivity contribution < 1.29 is 0 Å². The maximum absolute atomic E-state index is 4.52. The first-order valence-electron chi connectivity index (χ1n) is 7.97. The van der Waals surface area contributed by atoms with Crippen LogP contribution in [0.3, 0.4) is 0 Å². The average Bonchev–Trinajstić information content (AvgIpc) is 3.12. The molecule has 2 N–H and O–H groups in total. The van der Waals surface area contributed by atoms with Crippen molar-refractivity contribution in [1.82, 2.24) is 25.2 Å². The largest absolute Gasteiger partial charge is 0.365 e. The van der Waals surface area contributed by atoms with Gasteiger partial charge in [0.15, 0.2) is 15.6 Å². The molecule has 1 atom stereocenters. The van der Waals surface area contributed by atoms with E-state index in [2.05, 4.69) is 52.5 Å². The van der Waals surface area contributed by atoms with Crippen molar-refractivity contribution >= 4 is 42.9 Å². The minimum absolute atomic E-state index is 0.231. The van der Waals surface area contributed by atoms with Crippen LogP contribution in [0.25, 0.3) is 10.5 Å². The molecule has 4 aliphatic heterocycles. The molecule has 6 rings (SSSR count). The van der Waals surface area contributed by atoms with Crippen LogP contribution in [0.15, 0.2) is 22.7 Å². The molecule has 0 aromatic carbocycles. The first kappa shape index (κ1) is 14.1. The smallest absolute Gasteiger partial charge is 0.192 e. The molecule has 0 radical (unpaired) electrons. The SMILES string of the molecule is Brc1cnc2nc(NC3=CC[C@@]4(CN5CCC4CC5)N3)sc2n1. The van der Waals surface area contributed by atoms with Crippen molar-refractivity contribution in [1.29, 1.82) is 0 Å². The summed E-state index contributed by atoms with van der Waals surface area (Å²) in [5.41, 5.74) is 0.923. The van der Waals surface area contributed by atoms with Crippen LogP contribution >= 0.6 is 27.3 Å². The minimum atomic E-state index is 0.231. The maximum atomic E-state index is 4.52. The van der Waals surface area contributed by atoms with Gasteiger partial charge < -0.3 is 15.5 Å². The zero-order valence-electron chi connectivity index (χ0n) is 12.5. The number of nitrogens with one attached hydrogen (secondary N) is 2. The normalized spacial score (nSPS) is 32.3. The quantitative estimate of drug-likeness (QED) is 0.818. The standard InChI is InChI=1S/C15H17BrN6S/c16-10-7-17-12-13(18-10)23-14(20-12)19-11-1-4-15(21-11)8-22-5-2-9(15)3-6-22/h1,7,9,21H,2-6,8H2,(H,17,19,20)/t15-/m0/s1. The Morgan fingerprint density at radius 3 is 3.00 bits per heavy atom. The van der Waals surface area contributed by atoms with Gasteiger partial charge in [-0.2, -0.15) is 4.98 Å². The fraction of sp³-hybridized carbons (Fsp3) is 0.533. The van der Waals surface area contributed by atoms with E-state index in [1.165, 1.54) is 37.3 Å². The molecule has 6 heterocycles. The third-order valence-corrected chi connectivity index (χ3v) is 6.50. The lowest BCUT2D eigenvalue weighted by atomic mass is 9.72. The predicted molar refractivity (Wildman–Crippen MR) is 94.3 cm³/mol. The van der Waals surface area contributed by atoms with E-state index in [-0.39, 0.29) is 5.54 Å². The highest BCUT2D eigenvalue weighted by Crippen LogP contribution is 2.41. The summed E-state index contributed by atoms with van der Waals surface area (Å²) in [5, 5.41) is 8.03. The molecule has 3 saturated heterocycles. The lowest BCUT2D eigenvalue weighted by Crippen LogP contribution is -2.64. The van der Waals surface area contributed by atoms with Crippen LogP contribution in [0.4, 0.5) is 5.13 Å². The molecule has 2 aromatic rings. The molecule has 2 aromatic heterocycles. The summed E-state index contributed by atoms with van der Waals surface area (Å²) >= 11 is 4.88. The van der Waals surface area contributed by atoms with E-state index in [0.29, 0.717) is 5.65 Å². The summed E-state index contributed by atoms with van der Waals surface area (Å²) in [5.74, 6) is 1.87. The zero-order valence-corrected chi connectivity index (χ0v) is 15.0. The van der Waals surface area contributed by atoms with E-state index >= 15 is 0 Å². The van der Waals surface area contributed by atoms with Gasteiger partial charge in [-0.25, -0.2) is 9.97 Å². The lowest BCUT2D eigenvalue weighted by Gasteiger charge is -2.52. The van der Waals surface area contributed by atoms with Crippen LogP contribution in [0.2, 0.25) is 0 Å². The monoisotopic (exact) mass is 392 g/mol. The molecule has 120 valence electrons. The number of hydrogen-bond donors (Lipinski definition) is 2. The molecule has 1 spiro atoms. The molecule has 0 amide bonds. The summed E-state index contributed by atoms with van der Waals surface area (Å²) in [4.78, 5) is 16.7. The summed E-state index contributed by atoms with van der Waals surface area (Å²) in [7, 11) is 0. The number of thiazole rings is 1. The first-order valence-corrected chi connectivity index (χ1v) is 9.58. The molecule has 23 heavy (non-hydrogen) atoms. The third kappa shape index (κ3) is 2.35. The average molecular weight is 393 g/mol. The van der Waals surface area contributed by atoms with Gasteiger partial charge in [-0.3, -0.25) is 0 Å². The van der Waals surface area contributed by atoms with Gasteiger partial charge in [0.05, 0.1) is 11.7 Å². The molecule has 3 fully saturated rings. The molecule has 0 aliphatic carbocycles. The highest BCUT2D eigenvalue weighted by Gasteiger charge is 2.48. The van der Waals surface area contributed by atoms with Crippen LogP contribution < -0.4 is 10.6 Å². The number of aromatic nitrogens is 3. The molecule has 0 saturated carbocycles. The number of hydrogen-bond acceptors (Lipinski definition) is 7. The first-order chi connectivity index (χ1) is 11.2. The highest BCUT2D eigenvalue weighted by atomic mass is 79.9. The minimum Gasteiger partial charge on any atom is -0.365 e. The number of piperidine rings is 3. The summed E-state index contributed by atoms with van der Waals surface area (Å²) < 4.78 is 0.740. The Bertz CT molecular complexity index is 796. The zero-order chi connectivity index (χ0) is 15.4. The predicted octanol–water partition coefficient (Wildman–Crippen LogP) is 2.56. The van der Waals surface area contributed by atoms with E-state index in [9.17, 15) is 0 Å². The number of nitrogens with zero attached hydrogens (tertiary/aromatic N) is 4. The summed E-state index contributed by atoms with van der Waals surface area (Å²) in [6.45, 7) is 3.69. The Kier molecular flexibility index (Phi) is 3.15. The topological polar surface area (TPSA) is 66.0 Å². The Morgan fingerprint density at radius 1 is 1.35 bits per heavy atom. The fourth-order valence-corrected chi connectivity index (χ4v) is 5.36. The van der Waals surface area contributed by atoms with Crippen molar-refractivity contribution in [2.45, 2.75) is 24.8 Å². The van der Waals surface area contributed by atoms with Crippen molar-refractivity contribution in [3.8, 4) is 0 Å². The second-order valence-electron chi connectivity index (χ2n) is 6.62. The Morgan fingerprint density at radius 2 is 2.22 bits per heavy atom. The van der Waals surface area contributed by atoms with Gasteiger partial charge in [-0.1, -0.05) is 11.3 Å². The number of anilines is 1. The van der Waals surface area contributed by atoms with Crippen molar-refractivity contribution in [3.05, 3.63) is 22.7 Å². The van der Waals surface area contributed by atoms with Crippen LogP contribution in [0, 0.1) is 5.92 Å². The van der Waals surface area contributed by atoms with E-state index in [4.69, 9.17) is 0 Å². The van der Waals surface area contributed by atoms with Crippen LogP contribution in [-0.2, 0) is 0 Å². The second-order valence-corrected chi connectivity index (χ2v) is 8.41. The Hall–Kier alpha value is -1.25. The van der Waals surface area contributed by atoms with Gasteiger partial charge in [0.25, 0.3) is 0 Å². The lowest BCUT2D eigenvalue weighted by molar-refractivity contribution is 0.0189. The third-order valence-electron chi connectivity index (χ3n) is 5.26. The molecular formula is C15H17BrN6S. The molecule has 8 heteroatoms. The van der Waals surface area contributed by atoms with E-state index in [1.54, 1.807) is 6.20 Å². The number of halogens is 1. The molecule has 4 aliphatic rings.